The zero-order chi connectivity index (χ0) is 23.7. The van der Waals surface area contributed by atoms with Crippen LogP contribution in [0.25, 0.3) is 11.5 Å². The van der Waals surface area contributed by atoms with Crippen molar-refractivity contribution in [2.75, 3.05) is 0 Å². The van der Waals surface area contributed by atoms with Gasteiger partial charge in [-0.1, -0.05) is 0 Å². The first-order chi connectivity index (χ1) is 14.9. The lowest BCUT2D eigenvalue weighted by molar-refractivity contribution is -0.212. The summed E-state index contributed by atoms with van der Waals surface area (Å²) in [6, 6.07) is 2.45. The Kier molecular flexibility index (Phi) is 6.28. The van der Waals surface area contributed by atoms with Crippen LogP contribution in [0.5, 0.6) is 0 Å². The molecule has 3 aromatic rings. The van der Waals surface area contributed by atoms with E-state index in [2.05, 4.69) is 15.1 Å². The lowest BCUT2D eigenvalue weighted by atomic mass is 10.0. The van der Waals surface area contributed by atoms with E-state index in [1.807, 2.05) is 0 Å². The van der Waals surface area contributed by atoms with E-state index in [1.54, 1.807) is 0 Å². The van der Waals surface area contributed by atoms with Gasteiger partial charge >= 0.3 is 12.5 Å². The number of amides is 1. The van der Waals surface area contributed by atoms with Crippen LogP contribution in [-0.4, -0.2) is 25.7 Å². The fraction of sp³-hybridized carbons (Fsp3) is 0.368. The molecule has 0 unspecified atom stereocenters. The molecule has 3 aromatic heterocycles. The van der Waals surface area contributed by atoms with Gasteiger partial charge in [0.2, 0.25) is 5.89 Å². The number of rotatable bonds is 2. The summed E-state index contributed by atoms with van der Waals surface area (Å²) in [4.78, 5) is 18.2. The van der Waals surface area contributed by atoms with E-state index in [0.717, 1.165) is 49.4 Å². The van der Waals surface area contributed by atoms with Crippen LogP contribution in [0.4, 0.5) is 26.3 Å². The number of nitrogens with zero attached hydrogens (tertiary/aromatic N) is 4. The maximum atomic E-state index is 12.6. The third-order valence-corrected chi connectivity index (χ3v) is 4.57. The van der Waals surface area contributed by atoms with Gasteiger partial charge in [-0.3, -0.25) is 9.78 Å². The third-order valence-electron chi connectivity index (χ3n) is 4.57. The molecular formula is C19H17F6N5O2. The van der Waals surface area contributed by atoms with E-state index in [1.165, 1.54) is 13.0 Å². The number of aryl methyl sites for hydroxylation is 3. The molecule has 0 aromatic carbocycles. The topological polar surface area (TPSA) is 99.8 Å². The van der Waals surface area contributed by atoms with Crippen molar-refractivity contribution in [2.24, 2.45) is 5.73 Å². The van der Waals surface area contributed by atoms with E-state index >= 15 is 0 Å². The fourth-order valence-electron chi connectivity index (χ4n) is 3.03. The van der Waals surface area contributed by atoms with Crippen LogP contribution < -0.4 is 5.73 Å². The van der Waals surface area contributed by atoms with Gasteiger partial charge in [-0.05, 0) is 38.3 Å². The number of hydrogen-bond donors (Lipinski definition) is 1. The first kappa shape index (κ1) is 23.3. The summed E-state index contributed by atoms with van der Waals surface area (Å²) >= 11 is 0. The zero-order valence-electron chi connectivity index (χ0n) is 16.6. The maximum absolute atomic E-state index is 12.6. The number of hydrogen-bond acceptors (Lipinski definition) is 5. The van der Waals surface area contributed by atoms with Crippen molar-refractivity contribution < 1.29 is 35.6 Å². The second-order valence-corrected chi connectivity index (χ2v) is 6.93. The summed E-state index contributed by atoms with van der Waals surface area (Å²) in [6.07, 6.45) is -3.66. The highest BCUT2D eigenvalue weighted by Crippen LogP contribution is 2.32. The molecule has 7 nitrogen and oxygen atoms in total. The van der Waals surface area contributed by atoms with Crippen LogP contribution in [0.2, 0.25) is 0 Å². The summed E-state index contributed by atoms with van der Waals surface area (Å²) < 4.78 is 79.1. The standard InChI is InChI=1S/C13H11F3N2O.C6H6F3N3O/c14-13(15,16)11-7-8(5-6-17-11)12-18-9-3-1-2-4-10(9)19-12;1-3-4(5(10)13)2-12(11-3)6(7,8)9/h5-7H,1-4H2;2H,1H3,(H2,10,13). The monoisotopic (exact) mass is 461 g/mol. The number of carbonyl (C=O) groups is 1. The molecule has 1 aliphatic carbocycles. The van der Waals surface area contributed by atoms with Crippen molar-refractivity contribution in [1.82, 2.24) is 19.7 Å². The molecule has 0 aliphatic heterocycles. The van der Waals surface area contributed by atoms with Crippen molar-refractivity contribution in [3.05, 3.63) is 52.9 Å². The number of alkyl halides is 6. The highest BCUT2D eigenvalue weighted by atomic mass is 19.4. The van der Waals surface area contributed by atoms with E-state index in [9.17, 15) is 31.1 Å². The number of fused-ring (bicyclic) bond motifs is 1. The minimum Gasteiger partial charge on any atom is -0.441 e. The quantitative estimate of drug-likeness (QED) is 0.571. The molecule has 0 saturated heterocycles. The second kappa shape index (κ2) is 8.63. The van der Waals surface area contributed by atoms with Gasteiger partial charge in [0, 0.05) is 24.4 Å². The Morgan fingerprint density at radius 3 is 2.38 bits per heavy atom. The number of primary amides is 1. The number of carbonyl (C=O) groups excluding carboxylic acids is 1. The number of nitrogens with two attached hydrogens (primary N) is 1. The van der Waals surface area contributed by atoms with Crippen LogP contribution >= 0.6 is 0 Å². The molecule has 0 radical (unpaired) electrons. The fourth-order valence-corrected chi connectivity index (χ4v) is 3.03. The lowest BCUT2D eigenvalue weighted by Crippen LogP contribution is -2.17. The molecule has 1 amide bonds. The Labute approximate surface area is 177 Å². The number of aromatic nitrogens is 4. The van der Waals surface area contributed by atoms with Gasteiger partial charge in [0.15, 0.2) is 0 Å². The molecule has 4 rings (SSSR count). The van der Waals surface area contributed by atoms with E-state index in [-0.39, 0.29) is 21.8 Å². The Hall–Kier alpha value is -3.38. The van der Waals surface area contributed by atoms with E-state index in [4.69, 9.17) is 10.2 Å². The highest BCUT2D eigenvalue weighted by Gasteiger charge is 2.34. The van der Waals surface area contributed by atoms with Crippen LogP contribution in [0.15, 0.2) is 28.9 Å². The largest absolute Gasteiger partial charge is 0.504 e. The molecule has 0 fully saturated rings. The van der Waals surface area contributed by atoms with Crippen molar-refractivity contribution in [3.8, 4) is 11.5 Å². The van der Waals surface area contributed by atoms with Crippen molar-refractivity contribution in [2.45, 2.75) is 45.1 Å². The average Bonchev–Trinajstić information content (AvgIpc) is 3.31. The molecule has 1 aliphatic rings. The van der Waals surface area contributed by atoms with E-state index < -0.39 is 24.1 Å². The molecule has 0 spiro atoms. The first-order valence-electron chi connectivity index (χ1n) is 9.31. The summed E-state index contributed by atoms with van der Waals surface area (Å²) in [7, 11) is 0. The molecule has 3 heterocycles. The number of oxazole rings is 1. The Bertz CT molecular complexity index is 1090. The predicted molar refractivity (Wildman–Crippen MR) is 98.2 cm³/mol. The normalized spacial score (nSPS) is 13.8. The SMILES string of the molecule is Cc1nn(C(F)(F)F)cc1C(N)=O.FC(F)(F)c1cc(-c2nc3c(o2)CCCC3)ccn1. The molecule has 13 heteroatoms. The third kappa shape index (κ3) is 5.26. The number of pyridine rings is 1. The zero-order valence-corrected chi connectivity index (χ0v) is 16.6. The Morgan fingerprint density at radius 1 is 1.16 bits per heavy atom. The average molecular weight is 461 g/mol. The van der Waals surface area contributed by atoms with Crippen molar-refractivity contribution in [1.29, 1.82) is 0 Å². The summed E-state index contributed by atoms with van der Waals surface area (Å²) in [5, 5.41) is 3.09. The van der Waals surface area contributed by atoms with Crippen LogP contribution in [-0.2, 0) is 25.3 Å². The van der Waals surface area contributed by atoms with Gasteiger partial charge in [-0.2, -0.15) is 23.0 Å². The summed E-state index contributed by atoms with van der Waals surface area (Å²) in [6.45, 7) is 1.28. The molecule has 0 saturated carbocycles. The molecule has 2 N–H and O–H groups in total. The number of halogens is 6. The first-order valence-corrected chi connectivity index (χ1v) is 9.31. The minimum atomic E-state index is -4.61. The highest BCUT2D eigenvalue weighted by molar-refractivity contribution is 5.93. The molecule has 0 bridgehead atoms. The van der Waals surface area contributed by atoms with Gasteiger partial charge in [0.1, 0.15) is 11.5 Å². The smallest absolute Gasteiger partial charge is 0.441 e. The summed E-state index contributed by atoms with van der Waals surface area (Å²) in [5.41, 5.74) is 4.80. The molecule has 172 valence electrons. The maximum Gasteiger partial charge on any atom is 0.504 e. The minimum absolute atomic E-state index is 0.0372. The molecular weight excluding hydrogens is 444 g/mol. The second-order valence-electron chi connectivity index (χ2n) is 6.93. The van der Waals surface area contributed by atoms with Gasteiger partial charge in [-0.25, -0.2) is 4.98 Å². The van der Waals surface area contributed by atoms with Gasteiger partial charge in [0.05, 0.1) is 17.0 Å². The lowest BCUT2D eigenvalue weighted by Gasteiger charge is -2.05. The Morgan fingerprint density at radius 2 is 1.84 bits per heavy atom. The van der Waals surface area contributed by atoms with Crippen LogP contribution in [0.1, 0.15) is 46.0 Å². The van der Waals surface area contributed by atoms with Gasteiger partial charge in [-0.15, -0.1) is 13.2 Å². The van der Waals surface area contributed by atoms with Crippen LogP contribution in [0.3, 0.4) is 0 Å². The summed E-state index contributed by atoms with van der Waals surface area (Å²) in [5.74, 6) is 0.124. The van der Waals surface area contributed by atoms with Gasteiger partial charge < -0.3 is 10.2 Å². The van der Waals surface area contributed by atoms with Crippen molar-refractivity contribution >= 4 is 5.91 Å². The van der Waals surface area contributed by atoms with Gasteiger partial charge in [0.25, 0.3) is 5.91 Å². The predicted octanol–water partition coefficient (Wildman–Crippen LogP) is 4.40. The molecule has 32 heavy (non-hydrogen) atoms. The molecule has 0 atom stereocenters. The van der Waals surface area contributed by atoms with Crippen LogP contribution in [0, 0.1) is 6.92 Å². The Balaban J connectivity index is 0.000000195. The van der Waals surface area contributed by atoms with E-state index in [0.29, 0.717) is 11.8 Å². The van der Waals surface area contributed by atoms with Crippen molar-refractivity contribution in [3.63, 3.8) is 0 Å².